The van der Waals surface area contributed by atoms with Crippen LogP contribution in [0.4, 0.5) is 8.78 Å². The Labute approximate surface area is 414 Å². The van der Waals surface area contributed by atoms with Crippen LogP contribution in [0.5, 0.6) is 11.5 Å². The quantitative estimate of drug-likeness (QED) is 0.0699. The average molecular weight is 986 g/mol. The van der Waals surface area contributed by atoms with E-state index >= 15 is 4.39 Å². The maximum absolute atomic E-state index is 16.8. The fourth-order valence-corrected chi connectivity index (χ4v) is 10.5. The molecule has 2 aromatic heterocycles. The van der Waals surface area contributed by atoms with E-state index in [2.05, 4.69) is 10.2 Å². The number of halogens is 2. The predicted octanol–water partition coefficient (Wildman–Crippen LogP) is 6.73. The molecule has 4 aromatic carbocycles. The van der Waals surface area contributed by atoms with Crippen LogP contribution in [0.3, 0.4) is 0 Å². The summed E-state index contributed by atoms with van der Waals surface area (Å²) in [6.45, 7) is 11.3. The summed E-state index contributed by atoms with van der Waals surface area (Å²) in [5.74, 6) is -1.77. The molecule has 4 amide bonds. The molecule has 0 aliphatic carbocycles. The number of benzene rings is 4. The van der Waals surface area contributed by atoms with Crippen molar-refractivity contribution in [3.8, 4) is 22.6 Å². The van der Waals surface area contributed by atoms with E-state index in [9.17, 15) is 28.4 Å². The molecule has 6 aromatic rings. The van der Waals surface area contributed by atoms with Gasteiger partial charge in [-0.1, -0.05) is 18.2 Å². The maximum atomic E-state index is 16.8. The van der Waals surface area contributed by atoms with Crippen LogP contribution >= 0.6 is 0 Å². The molecule has 0 radical (unpaired) electrons. The molecule has 4 aliphatic heterocycles. The molecular formula is C54H57F2N7O9. The molecule has 1 atom stereocenters. The van der Waals surface area contributed by atoms with Gasteiger partial charge in [-0.2, -0.15) is 5.10 Å². The van der Waals surface area contributed by atoms with E-state index < -0.39 is 29.3 Å². The van der Waals surface area contributed by atoms with E-state index in [1.54, 1.807) is 35.2 Å². The zero-order chi connectivity index (χ0) is 50.4. The number of carbonyl (C=O) groups is 5. The summed E-state index contributed by atoms with van der Waals surface area (Å²) in [6.07, 6.45) is 1.25. The maximum Gasteiger partial charge on any atom is 0.355 e. The number of hydrogen-bond donors (Lipinski definition) is 1. The number of aromatic nitrogens is 3. The second-order valence-corrected chi connectivity index (χ2v) is 19.7. The van der Waals surface area contributed by atoms with Crippen LogP contribution in [-0.4, -0.2) is 123 Å². The first-order chi connectivity index (χ1) is 34.6. The Bertz CT molecular complexity index is 3150. The summed E-state index contributed by atoms with van der Waals surface area (Å²) in [5.41, 5.74) is 4.06. The Morgan fingerprint density at radius 3 is 2.46 bits per heavy atom. The van der Waals surface area contributed by atoms with Crippen LogP contribution in [0.25, 0.3) is 32.8 Å². The van der Waals surface area contributed by atoms with Crippen LogP contribution in [0, 0.1) is 18.6 Å². The smallest absolute Gasteiger partial charge is 0.355 e. The van der Waals surface area contributed by atoms with Crippen molar-refractivity contribution in [2.45, 2.75) is 91.3 Å². The van der Waals surface area contributed by atoms with Crippen molar-refractivity contribution >= 4 is 51.3 Å². The Morgan fingerprint density at radius 2 is 1.67 bits per heavy atom. The van der Waals surface area contributed by atoms with Gasteiger partial charge >= 0.3 is 5.97 Å². The first kappa shape index (κ1) is 48.4. The summed E-state index contributed by atoms with van der Waals surface area (Å²) in [7, 11) is 0. The minimum absolute atomic E-state index is 0.120. The molecule has 0 bridgehead atoms. The lowest BCUT2D eigenvalue weighted by Crippen LogP contribution is -2.52. The molecule has 2 saturated heterocycles. The minimum Gasteiger partial charge on any atom is -0.493 e. The van der Waals surface area contributed by atoms with Crippen LogP contribution in [0.1, 0.15) is 83.4 Å². The van der Waals surface area contributed by atoms with Crippen molar-refractivity contribution < 1.29 is 51.7 Å². The molecule has 376 valence electrons. The average Bonchev–Trinajstić information content (AvgIpc) is 3.98. The molecule has 0 spiro atoms. The number of aryl methyl sites for hydroxylation is 2. The van der Waals surface area contributed by atoms with Gasteiger partial charge in [0.2, 0.25) is 11.8 Å². The third kappa shape index (κ3) is 9.52. The first-order valence-corrected chi connectivity index (χ1v) is 24.6. The summed E-state index contributed by atoms with van der Waals surface area (Å²) in [6, 6.07) is 17.5. The van der Waals surface area contributed by atoms with Gasteiger partial charge in [0.05, 0.1) is 49.8 Å². The third-order valence-electron chi connectivity index (χ3n) is 13.9. The van der Waals surface area contributed by atoms with Crippen LogP contribution in [0.15, 0.2) is 66.7 Å². The van der Waals surface area contributed by atoms with Crippen molar-refractivity contribution in [1.82, 2.24) is 34.4 Å². The number of amides is 4. The molecule has 6 heterocycles. The van der Waals surface area contributed by atoms with Gasteiger partial charge in [0.25, 0.3) is 11.8 Å². The predicted molar refractivity (Wildman–Crippen MR) is 261 cm³/mol. The van der Waals surface area contributed by atoms with Gasteiger partial charge < -0.3 is 33.3 Å². The molecule has 0 saturated carbocycles. The van der Waals surface area contributed by atoms with E-state index in [0.717, 1.165) is 16.5 Å². The minimum atomic E-state index is -0.847. The highest BCUT2D eigenvalue weighted by molar-refractivity contribution is 6.06. The van der Waals surface area contributed by atoms with Gasteiger partial charge in [0.1, 0.15) is 40.5 Å². The van der Waals surface area contributed by atoms with E-state index in [1.165, 1.54) is 23.1 Å². The highest BCUT2D eigenvalue weighted by atomic mass is 19.1. The zero-order valence-corrected chi connectivity index (χ0v) is 40.9. The van der Waals surface area contributed by atoms with Gasteiger partial charge in [-0.05, 0) is 106 Å². The fraction of sp³-hybridized carbons (Fsp3) is 0.407. The number of hydrogen-bond acceptors (Lipinski definition) is 11. The highest BCUT2D eigenvalue weighted by Gasteiger charge is 2.40. The number of nitrogens with one attached hydrogen (secondary N) is 1. The molecular weight excluding hydrogens is 929 g/mol. The topological polar surface area (TPSA) is 167 Å². The number of rotatable bonds is 14. The van der Waals surface area contributed by atoms with Crippen molar-refractivity contribution in [3.63, 3.8) is 0 Å². The summed E-state index contributed by atoms with van der Waals surface area (Å²) >= 11 is 0. The standard InChI is InChI=1S/C54H57F2N7O9/c1-32-47(42-30-69-27-25-63(42)58-32)48-40(56)16-15-37-36(10-7-26-70-43-11-5-8-33-28-34(55)13-14-35(33)43)50(53(68)72-54(2,3)4)61(49(37)48)24-21-59-19-22-60(23-20-59)46(65)31-71-44-12-6-9-38-39(44)29-62(52(38)67)41-17-18-45(64)57-51(41)66/h5-6,8-9,11-16,28,41H,7,10,17-27,29-31H2,1-4H3,(H,57,64,66). The van der Waals surface area contributed by atoms with Crippen molar-refractivity contribution in [2.24, 2.45) is 0 Å². The van der Waals surface area contributed by atoms with E-state index in [1.807, 2.05) is 55.1 Å². The first-order valence-electron chi connectivity index (χ1n) is 24.6. The lowest BCUT2D eigenvalue weighted by Gasteiger charge is -2.35. The van der Waals surface area contributed by atoms with Crippen molar-refractivity contribution in [1.29, 1.82) is 0 Å². The third-order valence-corrected chi connectivity index (χ3v) is 13.9. The largest absolute Gasteiger partial charge is 0.493 e. The lowest BCUT2D eigenvalue weighted by molar-refractivity contribution is -0.137. The number of carbonyl (C=O) groups excluding carboxylic acids is 5. The lowest BCUT2D eigenvalue weighted by atomic mass is 9.97. The second-order valence-electron chi connectivity index (χ2n) is 19.7. The van der Waals surface area contributed by atoms with E-state index in [0.29, 0.717) is 120 Å². The van der Waals surface area contributed by atoms with Crippen LogP contribution < -0.4 is 14.8 Å². The summed E-state index contributed by atoms with van der Waals surface area (Å²) < 4.78 is 59.0. The number of ether oxygens (including phenoxy) is 4. The monoisotopic (exact) mass is 985 g/mol. The van der Waals surface area contributed by atoms with Crippen LogP contribution in [0.2, 0.25) is 0 Å². The molecule has 4 aliphatic rings. The second kappa shape index (κ2) is 19.8. The number of piperidine rings is 1. The number of fused-ring (bicyclic) bond motifs is 4. The molecule has 1 N–H and O–H groups in total. The van der Waals surface area contributed by atoms with E-state index in [-0.39, 0.29) is 69.3 Å². The van der Waals surface area contributed by atoms with Gasteiger partial charge in [0, 0.05) is 78.7 Å². The van der Waals surface area contributed by atoms with E-state index in [4.69, 9.17) is 24.0 Å². The molecule has 1 unspecified atom stereocenters. The number of piperazine rings is 1. The van der Waals surface area contributed by atoms with Crippen molar-refractivity contribution in [2.75, 3.05) is 52.5 Å². The Kier molecular flexibility index (Phi) is 13.3. The molecule has 18 heteroatoms. The zero-order valence-electron chi connectivity index (χ0n) is 40.9. The molecule has 2 fully saturated rings. The highest BCUT2D eigenvalue weighted by Crippen LogP contribution is 2.41. The molecule has 72 heavy (non-hydrogen) atoms. The summed E-state index contributed by atoms with van der Waals surface area (Å²) in [5, 5.41) is 9.31. The van der Waals surface area contributed by atoms with Crippen molar-refractivity contribution in [3.05, 3.63) is 112 Å². The summed E-state index contributed by atoms with van der Waals surface area (Å²) in [4.78, 5) is 71.4. The fourth-order valence-electron chi connectivity index (χ4n) is 10.5. The van der Waals surface area contributed by atoms with Gasteiger partial charge in [-0.25, -0.2) is 13.6 Å². The van der Waals surface area contributed by atoms with Gasteiger partial charge in [-0.15, -0.1) is 0 Å². The van der Waals surface area contributed by atoms with Crippen LogP contribution in [-0.2, 0) is 56.5 Å². The van der Waals surface area contributed by atoms with Gasteiger partial charge in [-0.3, -0.25) is 34.1 Å². The molecule has 16 nitrogen and oxygen atoms in total. The number of esters is 1. The normalized spacial score (nSPS) is 17.4. The SMILES string of the molecule is Cc1nn2c(c1-c1c(F)ccc3c(CCCOc4cccc5cc(F)ccc45)c(C(=O)OC(C)(C)C)n(CCN4CCN(C(=O)COc5cccc6c5CN(C5CCC(=O)NC5=O)C6=O)CC4)c13)COCC2. The Morgan fingerprint density at radius 1 is 0.889 bits per heavy atom. The Hall–Kier alpha value is -7.18. The number of imide groups is 1. The van der Waals surface area contributed by atoms with Gasteiger partial charge in [0.15, 0.2) is 6.61 Å². The Balaban J connectivity index is 0.888. The molecule has 10 rings (SSSR count). The number of nitrogens with zero attached hydrogens (tertiary/aromatic N) is 6.